The van der Waals surface area contributed by atoms with Crippen molar-refractivity contribution in [3.8, 4) is 11.5 Å². The molecule has 0 aromatic heterocycles. The van der Waals surface area contributed by atoms with Crippen LogP contribution in [0.15, 0.2) is 58.3 Å². The molecule has 0 saturated carbocycles. The van der Waals surface area contributed by atoms with E-state index in [-0.39, 0.29) is 21.3 Å². The Labute approximate surface area is 126 Å². The van der Waals surface area contributed by atoms with Crippen LogP contribution in [0, 0.1) is 0 Å². The van der Waals surface area contributed by atoms with Gasteiger partial charge in [0.2, 0.25) is 9.84 Å². The van der Waals surface area contributed by atoms with E-state index >= 15 is 0 Å². The molecule has 0 aliphatic rings. The van der Waals surface area contributed by atoms with Crippen molar-refractivity contribution < 1.29 is 18.6 Å². The SMILES string of the molecule is CC.CC.O=S(=O)(c1ccccc1)c1cc(O)ccc1O. The van der Waals surface area contributed by atoms with Gasteiger partial charge in [-0.25, -0.2) is 8.42 Å². The van der Waals surface area contributed by atoms with Gasteiger partial charge in [0.05, 0.1) is 4.90 Å². The molecule has 0 amide bonds. The van der Waals surface area contributed by atoms with Gasteiger partial charge in [-0.15, -0.1) is 0 Å². The van der Waals surface area contributed by atoms with Crippen LogP contribution < -0.4 is 0 Å². The standard InChI is InChI=1S/C12H10O4S.2C2H6/c13-9-6-7-11(14)12(8-9)17(15,16)10-4-2-1-3-5-10;2*1-2/h1-8,13-14H;2*1-2H3. The summed E-state index contributed by atoms with van der Waals surface area (Å²) in [4.78, 5) is -0.232. The predicted molar refractivity (Wildman–Crippen MR) is 84.4 cm³/mol. The molecule has 0 saturated heterocycles. The maximum Gasteiger partial charge on any atom is 0.210 e. The summed E-state index contributed by atoms with van der Waals surface area (Å²) in [5, 5.41) is 18.8. The zero-order chi connectivity index (χ0) is 16.5. The number of benzene rings is 2. The summed E-state index contributed by atoms with van der Waals surface area (Å²) in [5.74, 6) is -0.594. The van der Waals surface area contributed by atoms with Crippen LogP contribution in [0.5, 0.6) is 11.5 Å². The van der Waals surface area contributed by atoms with E-state index in [2.05, 4.69) is 0 Å². The summed E-state index contributed by atoms with van der Waals surface area (Å²) >= 11 is 0. The molecule has 0 heterocycles. The molecule has 116 valence electrons. The van der Waals surface area contributed by atoms with Crippen LogP contribution >= 0.6 is 0 Å². The van der Waals surface area contributed by atoms with Gasteiger partial charge in [-0.05, 0) is 24.3 Å². The Hall–Kier alpha value is -2.01. The zero-order valence-corrected chi connectivity index (χ0v) is 13.6. The van der Waals surface area contributed by atoms with Crippen LogP contribution in [0.4, 0.5) is 0 Å². The average Bonchev–Trinajstić information content (AvgIpc) is 2.54. The molecule has 0 unspecified atom stereocenters. The molecule has 21 heavy (non-hydrogen) atoms. The third-order valence-electron chi connectivity index (χ3n) is 2.29. The normalized spacial score (nSPS) is 9.71. The summed E-state index contributed by atoms with van der Waals surface area (Å²) in [7, 11) is -3.80. The van der Waals surface area contributed by atoms with Gasteiger partial charge in [0.15, 0.2) is 0 Å². The minimum atomic E-state index is -3.80. The number of hydrogen-bond acceptors (Lipinski definition) is 4. The lowest BCUT2D eigenvalue weighted by atomic mass is 10.3. The molecule has 2 N–H and O–H groups in total. The Morgan fingerprint density at radius 2 is 1.33 bits per heavy atom. The van der Waals surface area contributed by atoms with Crippen molar-refractivity contribution in [2.75, 3.05) is 0 Å². The topological polar surface area (TPSA) is 74.6 Å². The van der Waals surface area contributed by atoms with E-state index in [1.165, 1.54) is 18.2 Å². The Morgan fingerprint density at radius 1 is 0.810 bits per heavy atom. The number of hydrogen-bond donors (Lipinski definition) is 2. The summed E-state index contributed by atoms with van der Waals surface area (Å²) in [6.45, 7) is 8.00. The first-order valence-corrected chi connectivity index (χ1v) is 8.32. The highest BCUT2D eigenvalue weighted by atomic mass is 32.2. The molecule has 0 radical (unpaired) electrons. The van der Waals surface area contributed by atoms with E-state index in [0.717, 1.165) is 12.1 Å². The molecular weight excluding hydrogens is 288 g/mol. The minimum absolute atomic E-state index is 0.0703. The number of phenolic OH excluding ortho intramolecular Hbond substituents is 2. The van der Waals surface area contributed by atoms with Gasteiger partial charge < -0.3 is 10.2 Å². The highest BCUT2D eigenvalue weighted by Crippen LogP contribution is 2.31. The molecule has 5 heteroatoms. The first kappa shape index (κ1) is 19.0. The Kier molecular flexibility index (Phi) is 8.16. The van der Waals surface area contributed by atoms with Gasteiger partial charge in [-0.1, -0.05) is 45.9 Å². The largest absolute Gasteiger partial charge is 0.508 e. The van der Waals surface area contributed by atoms with Crippen LogP contribution in [-0.2, 0) is 9.84 Å². The van der Waals surface area contributed by atoms with Crippen molar-refractivity contribution in [2.45, 2.75) is 37.5 Å². The fraction of sp³-hybridized carbons (Fsp3) is 0.250. The summed E-state index contributed by atoms with van der Waals surface area (Å²) in [6, 6.07) is 11.1. The number of rotatable bonds is 2. The van der Waals surface area contributed by atoms with Crippen molar-refractivity contribution in [3.63, 3.8) is 0 Å². The van der Waals surface area contributed by atoms with Gasteiger partial charge in [-0.2, -0.15) is 0 Å². The molecule has 2 rings (SSSR count). The summed E-state index contributed by atoms with van der Waals surface area (Å²) in [6.07, 6.45) is 0. The quantitative estimate of drug-likeness (QED) is 0.823. The van der Waals surface area contributed by atoms with Gasteiger partial charge in [0.1, 0.15) is 16.4 Å². The third-order valence-corrected chi connectivity index (χ3v) is 4.09. The van der Waals surface area contributed by atoms with Gasteiger partial charge in [0, 0.05) is 6.07 Å². The first-order valence-electron chi connectivity index (χ1n) is 6.84. The predicted octanol–water partition coefficient (Wildman–Crippen LogP) is 3.98. The Balaban J connectivity index is 0.000000921. The summed E-state index contributed by atoms with van der Waals surface area (Å²) in [5.41, 5.74) is 0. The van der Waals surface area contributed by atoms with Crippen LogP contribution in [0.3, 0.4) is 0 Å². The van der Waals surface area contributed by atoms with Crippen LogP contribution in [0.2, 0.25) is 0 Å². The summed E-state index contributed by atoms with van der Waals surface area (Å²) < 4.78 is 24.3. The van der Waals surface area contributed by atoms with Crippen molar-refractivity contribution in [3.05, 3.63) is 48.5 Å². The zero-order valence-electron chi connectivity index (χ0n) is 12.7. The molecule has 0 bridgehead atoms. The highest BCUT2D eigenvalue weighted by molar-refractivity contribution is 7.91. The lowest BCUT2D eigenvalue weighted by Gasteiger charge is -2.06. The van der Waals surface area contributed by atoms with E-state index in [1.807, 2.05) is 27.7 Å². The monoisotopic (exact) mass is 310 g/mol. The van der Waals surface area contributed by atoms with Crippen molar-refractivity contribution in [1.29, 1.82) is 0 Å². The van der Waals surface area contributed by atoms with E-state index in [0.29, 0.717) is 0 Å². The van der Waals surface area contributed by atoms with Crippen molar-refractivity contribution in [1.82, 2.24) is 0 Å². The van der Waals surface area contributed by atoms with Gasteiger partial charge >= 0.3 is 0 Å². The lowest BCUT2D eigenvalue weighted by Crippen LogP contribution is -2.01. The molecule has 0 aliphatic heterocycles. The van der Waals surface area contributed by atoms with Gasteiger partial charge in [0.25, 0.3) is 0 Å². The van der Waals surface area contributed by atoms with E-state index in [4.69, 9.17) is 0 Å². The van der Waals surface area contributed by atoms with Crippen molar-refractivity contribution >= 4 is 9.84 Å². The second-order valence-electron chi connectivity index (χ2n) is 3.47. The average molecular weight is 310 g/mol. The van der Waals surface area contributed by atoms with E-state index in [9.17, 15) is 18.6 Å². The smallest absolute Gasteiger partial charge is 0.210 e. The third kappa shape index (κ3) is 4.79. The van der Waals surface area contributed by atoms with Gasteiger partial charge in [-0.3, -0.25) is 0 Å². The highest BCUT2D eigenvalue weighted by Gasteiger charge is 2.21. The molecule has 2 aromatic rings. The lowest BCUT2D eigenvalue weighted by molar-refractivity contribution is 0.445. The maximum atomic E-state index is 12.1. The van der Waals surface area contributed by atoms with Crippen LogP contribution in [-0.4, -0.2) is 18.6 Å². The molecule has 0 spiro atoms. The minimum Gasteiger partial charge on any atom is -0.508 e. The molecule has 0 atom stereocenters. The fourth-order valence-corrected chi connectivity index (χ4v) is 2.83. The Bertz CT molecular complexity index is 635. The second kappa shape index (κ2) is 9.02. The first-order chi connectivity index (χ1) is 10.0. The fourth-order valence-electron chi connectivity index (χ4n) is 1.44. The Morgan fingerprint density at radius 3 is 1.86 bits per heavy atom. The van der Waals surface area contributed by atoms with E-state index < -0.39 is 9.84 Å². The molecule has 0 aliphatic carbocycles. The number of phenols is 2. The number of aromatic hydroxyl groups is 2. The molecule has 2 aromatic carbocycles. The second-order valence-corrected chi connectivity index (χ2v) is 5.39. The molecule has 4 nitrogen and oxygen atoms in total. The number of sulfone groups is 1. The van der Waals surface area contributed by atoms with E-state index in [1.54, 1.807) is 18.2 Å². The molecular formula is C16H22O4S. The molecule has 0 fully saturated rings. The van der Waals surface area contributed by atoms with Crippen molar-refractivity contribution in [2.24, 2.45) is 0 Å². The maximum absolute atomic E-state index is 12.1. The van der Waals surface area contributed by atoms with Crippen LogP contribution in [0.1, 0.15) is 27.7 Å². The van der Waals surface area contributed by atoms with Crippen LogP contribution in [0.25, 0.3) is 0 Å².